The van der Waals surface area contributed by atoms with Crippen LogP contribution in [0.4, 0.5) is 10.8 Å². The third kappa shape index (κ3) is 4.66. The van der Waals surface area contributed by atoms with E-state index >= 15 is 0 Å². The highest BCUT2D eigenvalue weighted by atomic mass is 32.2. The Balaban J connectivity index is 1.53. The van der Waals surface area contributed by atoms with Gasteiger partial charge in [-0.05, 0) is 55.7 Å². The molecule has 1 heterocycles. The number of amides is 1. The normalized spacial score (nSPS) is 11.5. The van der Waals surface area contributed by atoms with Crippen LogP contribution in [0.3, 0.4) is 0 Å². The quantitative estimate of drug-likeness (QED) is 0.409. The summed E-state index contributed by atoms with van der Waals surface area (Å²) >= 11 is 1.43. The molecule has 1 aromatic heterocycles. The average Bonchev–Trinajstić information content (AvgIpc) is 3.17. The summed E-state index contributed by atoms with van der Waals surface area (Å²) in [6.45, 7) is 5.90. The van der Waals surface area contributed by atoms with Gasteiger partial charge in [0.15, 0.2) is 5.13 Å². The molecule has 0 radical (unpaired) electrons. The number of nitrogens with zero attached hydrogens (tertiary/aromatic N) is 1. The molecule has 0 saturated heterocycles. The fraction of sp³-hybridized carbons (Fsp3) is 0.167. The van der Waals surface area contributed by atoms with Gasteiger partial charge in [0.05, 0.1) is 27.2 Å². The Bertz CT molecular complexity index is 1370. The molecule has 0 aliphatic rings. The van der Waals surface area contributed by atoms with Crippen LogP contribution in [0.15, 0.2) is 65.6 Å². The van der Waals surface area contributed by atoms with Crippen molar-refractivity contribution in [1.29, 1.82) is 0 Å². The Hall–Kier alpha value is -3.23. The lowest BCUT2D eigenvalue weighted by Gasteiger charge is -2.12. The standard InChI is InChI=1S/C24H23N3O3S2/c1-15-8-12-19(13-9-15)32(29,30)27-20-7-5-4-6-18(20)14-21(28)25-24-26-22-16(2)10-11-17(3)23(22)31-24/h4-13,27H,14H2,1-3H3,(H,25,26,28). The van der Waals surface area contributed by atoms with E-state index in [1.165, 1.54) is 11.3 Å². The number of nitrogens with one attached hydrogen (secondary N) is 2. The number of carbonyl (C=O) groups excluding carboxylic acids is 1. The van der Waals surface area contributed by atoms with Crippen molar-refractivity contribution in [2.24, 2.45) is 0 Å². The van der Waals surface area contributed by atoms with Crippen molar-refractivity contribution in [2.75, 3.05) is 10.0 Å². The van der Waals surface area contributed by atoms with Gasteiger partial charge < -0.3 is 5.32 Å². The maximum atomic E-state index is 12.8. The molecule has 0 bridgehead atoms. The van der Waals surface area contributed by atoms with E-state index in [1.807, 2.05) is 32.9 Å². The van der Waals surface area contributed by atoms with Crippen LogP contribution in [0.25, 0.3) is 10.2 Å². The molecular weight excluding hydrogens is 442 g/mol. The second-order valence-electron chi connectivity index (χ2n) is 7.70. The van der Waals surface area contributed by atoms with E-state index in [9.17, 15) is 13.2 Å². The molecule has 0 atom stereocenters. The average molecular weight is 466 g/mol. The zero-order valence-corrected chi connectivity index (χ0v) is 19.6. The summed E-state index contributed by atoms with van der Waals surface area (Å²) in [5, 5.41) is 3.38. The number of carbonyl (C=O) groups is 1. The fourth-order valence-electron chi connectivity index (χ4n) is 3.34. The molecule has 4 aromatic rings. The van der Waals surface area contributed by atoms with Gasteiger partial charge in [0.1, 0.15) is 0 Å². The molecule has 0 spiro atoms. The van der Waals surface area contributed by atoms with Crippen LogP contribution < -0.4 is 10.0 Å². The van der Waals surface area contributed by atoms with E-state index in [4.69, 9.17) is 0 Å². The first-order valence-corrected chi connectivity index (χ1v) is 12.4. The Morgan fingerprint density at radius 3 is 2.34 bits per heavy atom. The van der Waals surface area contributed by atoms with Crippen molar-refractivity contribution in [3.05, 3.63) is 82.9 Å². The van der Waals surface area contributed by atoms with Gasteiger partial charge in [-0.1, -0.05) is 59.4 Å². The lowest BCUT2D eigenvalue weighted by atomic mass is 10.1. The topological polar surface area (TPSA) is 88.2 Å². The van der Waals surface area contributed by atoms with Gasteiger partial charge in [0.25, 0.3) is 10.0 Å². The molecule has 6 nitrogen and oxygen atoms in total. The summed E-state index contributed by atoms with van der Waals surface area (Å²) in [6.07, 6.45) is 0.0144. The molecular formula is C24H23N3O3S2. The number of rotatable bonds is 6. The van der Waals surface area contributed by atoms with Gasteiger partial charge in [-0.3, -0.25) is 9.52 Å². The summed E-state index contributed by atoms with van der Waals surface area (Å²) in [5.41, 5.74) is 4.98. The first kappa shape index (κ1) is 22.0. The number of thiazole rings is 1. The molecule has 0 unspecified atom stereocenters. The smallest absolute Gasteiger partial charge is 0.261 e. The number of fused-ring (bicyclic) bond motifs is 1. The van der Waals surface area contributed by atoms with Crippen LogP contribution in [0.1, 0.15) is 22.3 Å². The van der Waals surface area contributed by atoms with E-state index in [2.05, 4.69) is 15.0 Å². The summed E-state index contributed by atoms with van der Waals surface area (Å²) in [6, 6.07) is 17.6. The van der Waals surface area contributed by atoms with E-state index in [-0.39, 0.29) is 17.2 Å². The lowest BCUT2D eigenvalue weighted by Crippen LogP contribution is -2.18. The molecule has 32 heavy (non-hydrogen) atoms. The number of hydrogen-bond acceptors (Lipinski definition) is 5. The molecule has 3 aromatic carbocycles. The van der Waals surface area contributed by atoms with Gasteiger partial charge in [-0.15, -0.1) is 0 Å². The van der Waals surface area contributed by atoms with Crippen molar-refractivity contribution < 1.29 is 13.2 Å². The SMILES string of the molecule is Cc1ccc(S(=O)(=O)Nc2ccccc2CC(=O)Nc2nc3c(C)ccc(C)c3s2)cc1. The molecule has 2 N–H and O–H groups in total. The highest BCUT2D eigenvalue weighted by molar-refractivity contribution is 7.92. The fourth-order valence-corrected chi connectivity index (χ4v) is 5.47. The van der Waals surface area contributed by atoms with Crippen LogP contribution in [0.5, 0.6) is 0 Å². The second kappa shape index (κ2) is 8.72. The highest BCUT2D eigenvalue weighted by Crippen LogP contribution is 2.31. The third-order valence-electron chi connectivity index (χ3n) is 5.13. The Labute approximate surface area is 191 Å². The van der Waals surface area contributed by atoms with Crippen LogP contribution in [0, 0.1) is 20.8 Å². The van der Waals surface area contributed by atoms with Crippen molar-refractivity contribution in [3.63, 3.8) is 0 Å². The van der Waals surface area contributed by atoms with Crippen LogP contribution in [0.2, 0.25) is 0 Å². The summed E-state index contributed by atoms with van der Waals surface area (Å²) < 4.78 is 29.2. The number of aromatic nitrogens is 1. The predicted octanol–water partition coefficient (Wildman–Crippen LogP) is 5.20. The summed E-state index contributed by atoms with van der Waals surface area (Å²) in [4.78, 5) is 17.5. The van der Waals surface area contributed by atoms with Crippen LogP contribution >= 0.6 is 11.3 Å². The van der Waals surface area contributed by atoms with Gasteiger partial charge in [0, 0.05) is 0 Å². The van der Waals surface area contributed by atoms with E-state index in [0.717, 1.165) is 26.9 Å². The second-order valence-corrected chi connectivity index (χ2v) is 10.4. The van der Waals surface area contributed by atoms with Crippen molar-refractivity contribution in [3.8, 4) is 0 Å². The molecule has 8 heteroatoms. The monoisotopic (exact) mass is 465 g/mol. The van der Waals surface area contributed by atoms with Gasteiger partial charge in [0.2, 0.25) is 5.91 Å². The van der Waals surface area contributed by atoms with Gasteiger partial charge in [-0.2, -0.15) is 0 Å². The van der Waals surface area contributed by atoms with E-state index < -0.39 is 10.0 Å². The van der Waals surface area contributed by atoms with Crippen LogP contribution in [-0.2, 0) is 21.2 Å². The summed E-state index contributed by atoms with van der Waals surface area (Å²) in [5.74, 6) is -0.263. The Kier molecular flexibility index (Phi) is 5.99. The zero-order chi connectivity index (χ0) is 22.9. The minimum absolute atomic E-state index is 0.0144. The maximum absolute atomic E-state index is 12.8. The minimum Gasteiger partial charge on any atom is -0.302 e. The minimum atomic E-state index is -3.77. The highest BCUT2D eigenvalue weighted by Gasteiger charge is 2.18. The first-order chi connectivity index (χ1) is 15.2. The maximum Gasteiger partial charge on any atom is 0.261 e. The third-order valence-corrected chi connectivity index (χ3v) is 7.62. The first-order valence-electron chi connectivity index (χ1n) is 10.1. The number of aryl methyl sites for hydroxylation is 3. The Morgan fingerprint density at radius 2 is 1.62 bits per heavy atom. The van der Waals surface area contributed by atoms with E-state index in [1.54, 1.807) is 48.5 Å². The van der Waals surface area contributed by atoms with Gasteiger partial charge in [-0.25, -0.2) is 13.4 Å². The molecule has 164 valence electrons. The molecule has 0 aliphatic heterocycles. The predicted molar refractivity (Wildman–Crippen MR) is 130 cm³/mol. The number of benzene rings is 3. The van der Waals surface area contributed by atoms with Crippen LogP contribution in [-0.4, -0.2) is 19.3 Å². The largest absolute Gasteiger partial charge is 0.302 e. The molecule has 0 fully saturated rings. The lowest BCUT2D eigenvalue weighted by molar-refractivity contribution is -0.115. The number of anilines is 2. The number of hydrogen-bond donors (Lipinski definition) is 2. The number of sulfonamides is 1. The molecule has 4 rings (SSSR count). The van der Waals surface area contributed by atoms with Gasteiger partial charge >= 0.3 is 0 Å². The van der Waals surface area contributed by atoms with E-state index in [0.29, 0.717) is 16.4 Å². The number of para-hydroxylation sites is 1. The molecule has 0 aliphatic carbocycles. The zero-order valence-electron chi connectivity index (χ0n) is 18.0. The Morgan fingerprint density at radius 1 is 0.938 bits per heavy atom. The molecule has 0 saturated carbocycles. The van der Waals surface area contributed by atoms with Crippen molar-refractivity contribution >= 4 is 48.3 Å². The van der Waals surface area contributed by atoms with Crippen molar-refractivity contribution in [2.45, 2.75) is 32.1 Å². The molecule has 1 amide bonds. The van der Waals surface area contributed by atoms with Crippen molar-refractivity contribution in [1.82, 2.24) is 4.98 Å². The summed E-state index contributed by atoms with van der Waals surface area (Å²) in [7, 11) is -3.77.